The van der Waals surface area contributed by atoms with E-state index in [1.807, 2.05) is 13.0 Å². The molecule has 82 valence electrons. The van der Waals surface area contributed by atoms with Gasteiger partial charge in [0, 0.05) is 15.8 Å². The Kier molecular flexibility index (Phi) is 3.23. The topological polar surface area (TPSA) is 32.3 Å². The zero-order valence-electron chi connectivity index (χ0n) is 8.13. The third-order valence-corrected chi connectivity index (χ3v) is 4.21. The summed E-state index contributed by atoms with van der Waals surface area (Å²) in [5.41, 5.74) is 1.02. The lowest BCUT2D eigenvalue weighted by Gasteiger charge is -2.28. The first-order chi connectivity index (χ1) is 7.13. The number of aliphatic hydroxyl groups is 1. The first-order valence-corrected chi connectivity index (χ1v) is 6.62. The molecule has 2 atom stereocenters. The summed E-state index contributed by atoms with van der Waals surface area (Å²) in [4.78, 5) is 0.856. The molecule has 2 rings (SSSR count). The third kappa shape index (κ3) is 2.00. The van der Waals surface area contributed by atoms with Crippen molar-refractivity contribution in [2.45, 2.75) is 28.6 Å². The van der Waals surface area contributed by atoms with E-state index in [1.54, 1.807) is 6.07 Å². The number of thioether (sulfide) groups is 1. The molecule has 0 bridgehead atoms. The van der Waals surface area contributed by atoms with Crippen LogP contribution in [-0.2, 0) is 5.33 Å². The minimum absolute atomic E-state index is 0.0340. The summed E-state index contributed by atoms with van der Waals surface area (Å²) < 4.78 is 13.8. The number of nitrogens with one attached hydrogen (secondary N) is 1. The molecule has 5 heteroatoms. The molecular formula is C10H11BrFNOS. The average Bonchev–Trinajstić information content (AvgIpc) is 2.22. The van der Waals surface area contributed by atoms with Crippen molar-refractivity contribution >= 4 is 33.4 Å². The van der Waals surface area contributed by atoms with Gasteiger partial charge < -0.3 is 10.4 Å². The fourth-order valence-corrected chi connectivity index (χ4v) is 2.91. The highest BCUT2D eigenvalue weighted by molar-refractivity contribution is 9.08. The van der Waals surface area contributed by atoms with Gasteiger partial charge in [-0.05, 0) is 13.0 Å². The predicted octanol–water partition coefficient (Wildman–Crippen LogP) is 2.95. The largest absolute Gasteiger partial charge is 0.373 e. The van der Waals surface area contributed by atoms with E-state index < -0.39 is 6.23 Å². The SMILES string of the molecule is CC1Sc2ccc(CBr)c(F)c2NC1O. The summed E-state index contributed by atoms with van der Waals surface area (Å²) in [6.07, 6.45) is -0.692. The fraction of sp³-hybridized carbons (Fsp3) is 0.400. The Bertz CT molecular complexity index is 388. The lowest BCUT2D eigenvalue weighted by molar-refractivity contribution is 0.202. The number of rotatable bonds is 1. The molecule has 1 aliphatic heterocycles. The lowest BCUT2D eigenvalue weighted by atomic mass is 10.2. The zero-order chi connectivity index (χ0) is 11.0. The van der Waals surface area contributed by atoms with E-state index in [-0.39, 0.29) is 11.1 Å². The number of anilines is 1. The van der Waals surface area contributed by atoms with Crippen molar-refractivity contribution in [3.8, 4) is 0 Å². The minimum Gasteiger partial charge on any atom is -0.373 e. The third-order valence-electron chi connectivity index (χ3n) is 2.38. The van der Waals surface area contributed by atoms with Crippen LogP contribution in [0.5, 0.6) is 0 Å². The van der Waals surface area contributed by atoms with Crippen molar-refractivity contribution in [1.82, 2.24) is 0 Å². The molecule has 15 heavy (non-hydrogen) atoms. The second kappa shape index (κ2) is 4.31. The van der Waals surface area contributed by atoms with Gasteiger partial charge in [0.1, 0.15) is 6.23 Å². The Hall–Kier alpha value is -0.260. The van der Waals surface area contributed by atoms with Gasteiger partial charge in [0.2, 0.25) is 0 Å². The highest BCUT2D eigenvalue weighted by atomic mass is 79.9. The number of fused-ring (bicyclic) bond motifs is 1. The zero-order valence-corrected chi connectivity index (χ0v) is 10.5. The highest BCUT2D eigenvalue weighted by Crippen LogP contribution is 2.39. The molecule has 0 spiro atoms. The summed E-state index contributed by atoms with van der Waals surface area (Å²) >= 11 is 4.71. The van der Waals surface area contributed by atoms with Crippen LogP contribution in [0.15, 0.2) is 17.0 Å². The summed E-state index contributed by atoms with van der Waals surface area (Å²) in [5.74, 6) is -0.275. The molecule has 0 aliphatic carbocycles. The molecule has 2 nitrogen and oxygen atoms in total. The molecule has 0 saturated heterocycles. The van der Waals surface area contributed by atoms with E-state index in [0.29, 0.717) is 16.6 Å². The molecule has 2 N–H and O–H groups in total. The van der Waals surface area contributed by atoms with E-state index in [2.05, 4.69) is 21.2 Å². The van der Waals surface area contributed by atoms with Gasteiger partial charge >= 0.3 is 0 Å². The molecule has 1 aromatic carbocycles. The minimum atomic E-state index is -0.692. The lowest BCUT2D eigenvalue weighted by Crippen LogP contribution is -2.32. The molecule has 0 aromatic heterocycles. The Balaban J connectivity index is 2.44. The van der Waals surface area contributed by atoms with Gasteiger partial charge in [-0.1, -0.05) is 22.0 Å². The molecule has 0 radical (unpaired) electrons. The molecule has 0 fully saturated rings. The quantitative estimate of drug-likeness (QED) is 0.781. The van der Waals surface area contributed by atoms with Crippen LogP contribution in [0.25, 0.3) is 0 Å². The number of aliphatic hydroxyl groups excluding tert-OH is 1. The van der Waals surface area contributed by atoms with Crippen molar-refractivity contribution in [3.63, 3.8) is 0 Å². The van der Waals surface area contributed by atoms with Gasteiger partial charge in [-0.3, -0.25) is 0 Å². The van der Waals surface area contributed by atoms with Gasteiger partial charge in [-0.25, -0.2) is 4.39 Å². The Morgan fingerprint density at radius 1 is 1.60 bits per heavy atom. The monoisotopic (exact) mass is 291 g/mol. The molecule has 0 saturated carbocycles. The standard InChI is InChI=1S/C10H11BrFNOS/c1-5-10(14)13-9-7(15-5)3-2-6(4-11)8(9)12/h2-3,5,10,13-14H,4H2,1H3. The molecule has 1 heterocycles. The van der Waals surface area contributed by atoms with Crippen molar-refractivity contribution < 1.29 is 9.50 Å². The summed E-state index contributed by atoms with van der Waals surface area (Å²) in [6, 6.07) is 3.65. The van der Waals surface area contributed by atoms with Crippen LogP contribution >= 0.6 is 27.7 Å². The van der Waals surface area contributed by atoms with E-state index in [0.717, 1.165) is 4.90 Å². The van der Waals surface area contributed by atoms with Crippen LogP contribution < -0.4 is 5.32 Å². The van der Waals surface area contributed by atoms with E-state index in [1.165, 1.54) is 11.8 Å². The van der Waals surface area contributed by atoms with Crippen molar-refractivity contribution in [2.24, 2.45) is 0 Å². The number of hydrogen-bond donors (Lipinski definition) is 2. The maximum atomic E-state index is 13.8. The highest BCUT2D eigenvalue weighted by Gasteiger charge is 2.26. The summed E-state index contributed by atoms with van der Waals surface area (Å²) in [5, 5.41) is 12.9. The second-order valence-electron chi connectivity index (χ2n) is 3.46. The Labute approximate surface area is 100 Å². The first kappa shape index (κ1) is 11.2. The van der Waals surface area contributed by atoms with E-state index >= 15 is 0 Å². The number of halogens is 2. The molecule has 1 aliphatic rings. The first-order valence-electron chi connectivity index (χ1n) is 4.62. The predicted molar refractivity (Wildman–Crippen MR) is 64.0 cm³/mol. The van der Waals surface area contributed by atoms with Crippen LogP contribution in [-0.4, -0.2) is 16.6 Å². The van der Waals surface area contributed by atoms with Crippen LogP contribution in [0.3, 0.4) is 0 Å². The fourth-order valence-electron chi connectivity index (χ4n) is 1.47. The van der Waals surface area contributed by atoms with Crippen molar-refractivity contribution in [1.29, 1.82) is 0 Å². The number of benzene rings is 1. The molecule has 0 amide bonds. The van der Waals surface area contributed by atoms with Gasteiger partial charge in [0.25, 0.3) is 0 Å². The van der Waals surface area contributed by atoms with Crippen LogP contribution in [0, 0.1) is 5.82 Å². The smallest absolute Gasteiger partial charge is 0.151 e. The maximum Gasteiger partial charge on any atom is 0.151 e. The van der Waals surface area contributed by atoms with Gasteiger partial charge in [0.15, 0.2) is 5.82 Å². The van der Waals surface area contributed by atoms with Crippen LogP contribution in [0.2, 0.25) is 0 Å². The molecule has 1 aromatic rings. The molecule has 2 unspecified atom stereocenters. The Morgan fingerprint density at radius 3 is 3.00 bits per heavy atom. The van der Waals surface area contributed by atoms with E-state index in [9.17, 15) is 9.50 Å². The Morgan fingerprint density at radius 2 is 2.33 bits per heavy atom. The van der Waals surface area contributed by atoms with Crippen LogP contribution in [0.1, 0.15) is 12.5 Å². The van der Waals surface area contributed by atoms with Crippen LogP contribution in [0.4, 0.5) is 10.1 Å². The maximum absolute atomic E-state index is 13.8. The summed E-state index contributed by atoms with van der Waals surface area (Å²) in [6.45, 7) is 1.90. The second-order valence-corrected chi connectivity index (χ2v) is 5.44. The van der Waals surface area contributed by atoms with E-state index in [4.69, 9.17) is 0 Å². The summed E-state index contributed by atoms with van der Waals surface area (Å²) in [7, 11) is 0. The van der Waals surface area contributed by atoms with Gasteiger partial charge in [-0.15, -0.1) is 11.8 Å². The average molecular weight is 292 g/mol. The van der Waals surface area contributed by atoms with Gasteiger partial charge in [0.05, 0.1) is 10.9 Å². The van der Waals surface area contributed by atoms with Crippen molar-refractivity contribution in [2.75, 3.05) is 5.32 Å². The number of alkyl halides is 1. The molecular weight excluding hydrogens is 281 g/mol. The van der Waals surface area contributed by atoms with Crippen molar-refractivity contribution in [3.05, 3.63) is 23.5 Å². The van der Waals surface area contributed by atoms with Gasteiger partial charge in [-0.2, -0.15) is 0 Å². The normalized spacial score (nSPS) is 24.5. The number of hydrogen-bond acceptors (Lipinski definition) is 3.